The van der Waals surface area contributed by atoms with Crippen molar-refractivity contribution in [2.24, 2.45) is 0 Å². The zero-order valence-corrected chi connectivity index (χ0v) is 23.4. The molecule has 0 bridgehead atoms. The highest BCUT2D eigenvalue weighted by Crippen LogP contribution is 2.32. The van der Waals surface area contributed by atoms with E-state index in [2.05, 4.69) is 56.5 Å². The highest BCUT2D eigenvalue weighted by Gasteiger charge is 2.28. The largest absolute Gasteiger partial charge is 0.497 e. The van der Waals surface area contributed by atoms with E-state index in [0.717, 1.165) is 26.2 Å². The van der Waals surface area contributed by atoms with Gasteiger partial charge in [0.05, 0.1) is 32.0 Å². The van der Waals surface area contributed by atoms with E-state index in [0.29, 0.717) is 27.4 Å². The van der Waals surface area contributed by atoms with Gasteiger partial charge in [-0.3, -0.25) is 14.6 Å². The van der Waals surface area contributed by atoms with Crippen LogP contribution in [0, 0.1) is 0 Å². The van der Waals surface area contributed by atoms with Crippen LogP contribution >= 0.6 is 11.6 Å². The van der Waals surface area contributed by atoms with Crippen LogP contribution in [0.25, 0.3) is 10.9 Å². The van der Waals surface area contributed by atoms with Gasteiger partial charge in [0.2, 0.25) is 5.91 Å². The van der Waals surface area contributed by atoms with Gasteiger partial charge < -0.3 is 19.8 Å². The molecule has 1 fully saturated rings. The summed E-state index contributed by atoms with van der Waals surface area (Å²) >= 11 is 6.16. The number of benzene rings is 3. The minimum Gasteiger partial charge on any atom is -0.497 e. The van der Waals surface area contributed by atoms with E-state index >= 15 is 0 Å². The standard InChI is InChI=1S/C31H33ClN4O4/c1-3-40-31(38)29-28(25-19-24(39-2)13-14-26(25)33-29)34-27(37)20-35-15-17-36(18-16-35)30(21-7-5-4-6-8-21)22-9-11-23(32)12-10-22/h4-14,19,30,33H,3,15-18,20H2,1-2H3,(H,34,37). The number of carbonyl (C=O) groups excluding carboxylic acids is 2. The molecule has 0 radical (unpaired) electrons. The minimum atomic E-state index is -0.518. The number of anilines is 1. The van der Waals surface area contributed by atoms with E-state index in [1.807, 2.05) is 24.3 Å². The van der Waals surface area contributed by atoms with Gasteiger partial charge >= 0.3 is 5.97 Å². The Kier molecular flexibility index (Phi) is 8.69. The van der Waals surface area contributed by atoms with Crippen LogP contribution in [0.1, 0.15) is 34.6 Å². The second-order valence-corrected chi connectivity index (χ2v) is 10.2. The van der Waals surface area contributed by atoms with Crippen LogP contribution in [0.3, 0.4) is 0 Å². The lowest BCUT2D eigenvalue weighted by molar-refractivity contribution is -0.117. The Balaban J connectivity index is 1.28. The summed E-state index contributed by atoms with van der Waals surface area (Å²) in [5.41, 5.74) is 3.74. The van der Waals surface area contributed by atoms with Crippen molar-refractivity contribution in [1.82, 2.24) is 14.8 Å². The predicted octanol–water partition coefficient (Wildman–Crippen LogP) is 5.35. The fourth-order valence-corrected chi connectivity index (χ4v) is 5.37. The molecule has 2 N–H and O–H groups in total. The number of nitrogens with zero attached hydrogens (tertiary/aromatic N) is 2. The molecule has 5 rings (SSSR count). The number of aromatic nitrogens is 1. The molecule has 4 aromatic rings. The third-order valence-corrected chi connectivity index (χ3v) is 7.44. The molecule has 0 aliphatic carbocycles. The van der Waals surface area contributed by atoms with Crippen LogP contribution < -0.4 is 10.1 Å². The van der Waals surface area contributed by atoms with Gasteiger partial charge in [-0.05, 0) is 48.4 Å². The van der Waals surface area contributed by atoms with Crippen molar-refractivity contribution in [2.45, 2.75) is 13.0 Å². The summed E-state index contributed by atoms with van der Waals surface area (Å²) < 4.78 is 10.6. The van der Waals surface area contributed by atoms with E-state index in [1.54, 1.807) is 26.2 Å². The molecular formula is C31H33ClN4O4. The number of H-pyrrole nitrogens is 1. The van der Waals surface area contributed by atoms with Gasteiger partial charge in [0.25, 0.3) is 0 Å². The Labute approximate surface area is 238 Å². The lowest BCUT2D eigenvalue weighted by atomic mass is 9.96. The molecule has 208 valence electrons. The number of hydrogen-bond acceptors (Lipinski definition) is 6. The second kappa shape index (κ2) is 12.6. The number of fused-ring (bicyclic) bond motifs is 1. The molecule has 0 spiro atoms. The summed E-state index contributed by atoms with van der Waals surface area (Å²) in [7, 11) is 1.58. The molecule has 1 aliphatic rings. The monoisotopic (exact) mass is 560 g/mol. The number of rotatable bonds is 9. The molecule has 1 atom stereocenters. The third kappa shape index (κ3) is 6.14. The van der Waals surface area contributed by atoms with Crippen molar-refractivity contribution >= 4 is 40.1 Å². The number of carbonyl (C=O) groups is 2. The number of piperazine rings is 1. The van der Waals surface area contributed by atoms with Crippen LogP contribution in [-0.4, -0.2) is 73.1 Å². The van der Waals surface area contributed by atoms with Crippen molar-refractivity contribution in [3.63, 3.8) is 0 Å². The molecule has 1 saturated heterocycles. The molecule has 2 heterocycles. The van der Waals surface area contributed by atoms with Gasteiger partial charge in [0.1, 0.15) is 11.4 Å². The van der Waals surface area contributed by atoms with Crippen molar-refractivity contribution in [2.75, 3.05) is 51.8 Å². The molecule has 40 heavy (non-hydrogen) atoms. The molecule has 1 aromatic heterocycles. The number of nitrogens with one attached hydrogen (secondary N) is 2. The second-order valence-electron chi connectivity index (χ2n) is 9.73. The van der Waals surface area contributed by atoms with Gasteiger partial charge in [-0.2, -0.15) is 0 Å². The Morgan fingerprint density at radius 3 is 2.35 bits per heavy atom. The number of halogens is 1. The van der Waals surface area contributed by atoms with E-state index in [1.165, 1.54) is 11.1 Å². The summed E-state index contributed by atoms with van der Waals surface area (Å²) in [6.45, 7) is 5.25. The van der Waals surface area contributed by atoms with Gasteiger partial charge in [0, 0.05) is 42.1 Å². The molecular weight excluding hydrogens is 528 g/mol. The number of ether oxygens (including phenoxy) is 2. The maximum absolute atomic E-state index is 13.2. The Morgan fingerprint density at radius 2 is 1.68 bits per heavy atom. The van der Waals surface area contributed by atoms with Crippen LogP contribution in [-0.2, 0) is 9.53 Å². The van der Waals surface area contributed by atoms with Crippen LogP contribution in [0.5, 0.6) is 5.75 Å². The van der Waals surface area contributed by atoms with E-state index in [9.17, 15) is 9.59 Å². The molecule has 1 unspecified atom stereocenters. The number of aromatic amines is 1. The normalized spacial score (nSPS) is 15.1. The molecule has 1 aliphatic heterocycles. The van der Waals surface area contributed by atoms with Gasteiger partial charge in [-0.25, -0.2) is 4.79 Å². The molecule has 8 nitrogen and oxygen atoms in total. The first-order valence-electron chi connectivity index (χ1n) is 13.4. The topological polar surface area (TPSA) is 86.9 Å². The Morgan fingerprint density at radius 1 is 0.975 bits per heavy atom. The zero-order chi connectivity index (χ0) is 28.1. The van der Waals surface area contributed by atoms with Gasteiger partial charge in [0.15, 0.2) is 0 Å². The van der Waals surface area contributed by atoms with Crippen LogP contribution in [0.4, 0.5) is 5.69 Å². The Hall–Kier alpha value is -3.85. The minimum absolute atomic E-state index is 0.0998. The first-order chi connectivity index (χ1) is 19.5. The van der Waals surface area contributed by atoms with E-state index in [4.69, 9.17) is 21.1 Å². The Bertz CT molecular complexity index is 1460. The van der Waals surface area contributed by atoms with Crippen molar-refractivity contribution in [3.05, 3.63) is 94.6 Å². The summed E-state index contributed by atoms with van der Waals surface area (Å²) in [5.74, 6) is -0.0852. The highest BCUT2D eigenvalue weighted by atomic mass is 35.5. The predicted molar refractivity (Wildman–Crippen MR) is 157 cm³/mol. The lowest BCUT2D eigenvalue weighted by Crippen LogP contribution is -2.49. The van der Waals surface area contributed by atoms with Crippen molar-refractivity contribution < 1.29 is 19.1 Å². The number of methoxy groups -OCH3 is 1. The van der Waals surface area contributed by atoms with Gasteiger partial charge in [-0.1, -0.05) is 54.1 Å². The average molecular weight is 561 g/mol. The van der Waals surface area contributed by atoms with Crippen LogP contribution in [0.2, 0.25) is 5.02 Å². The highest BCUT2D eigenvalue weighted by molar-refractivity contribution is 6.30. The maximum atomic E-state index is 13.2. The van der Waals surface area contributed by atoms with Gasteiger partial charge in [-0.15, -0.1) is 0 Å². The maximum Gasteiger partial charge on any atom is 0.356 e. The van der Waals surface area contributed by atoms with E-state index < -0.39 is 5.97 Å². The summed E-state index contributed by atoms with van der Waals surface area (Å²) in [5, 5.41) is 4.37. The fraction of sp³-hybridized carbons (Fsp3) is 0.290. The zero-order valence-electron chi connectivity index (χ0n) is 22.7. The number of amides is 1. The molecule has 3 aromatic carbocycles. The first-order valence-corrected chi connectivity index (χ1v) is 13.8. The van der Waals surface area contributed by atoms with Crippen molar-refractivity contribution in [1.29, 1.82) is 0 Å². The smallest absolute Gasteiger partial charge is 0.356 e. The number of hydrogen-bond donors (Lipinski definition) is 2. The van der Waals surface area contributed by atoms with Crippen molar-refractivity contribution in [3.8, 4) is 5.75 Å². The van der Waals surface area contributed by atoms with E-state index in [-0.39, 0.29) is 30.8 Å². The summed E-state index contributed by atoms with van der Waals surface area (Å²) in [6, 6.07) is 24.0. The summed E-state index contributed by atoms with van der Waals surface area (Å²) in [4.78, 5) is 33.5. The molecule has 0 saturated carbocycles. The average Bonchev–Trinajstić information content (AvgIpc) is 3.33. The van der Waals surface area contributed by atoms with Crippen LogP contribution in [0.15, 0.2) is 72.8 Å². The summed E-state index contributed by atoms with van der Waals surface area (Å²) in [6.07, 6.45) is 0. The lowest BCUT2D eigenvalue weighted by Gasteiger charge is -2.39. The quantitative estimate of drug-likeness (QED) is 0.268. The fourth-order valence-electron chi connectivity index (χ4n) is 5.24. The molecule has 1 amide bonds. The number of esters is 1. The third-order valence-electron chi connectivity index (χ3n) is 7.19. The SMILES string of the molecule is CCOC(=O)c1[nH]c2ccc(OC)cc2c1NC(=O)CN1CCN(C(c2ccccc2)c2ccc(Cl)cc2)CC1. The first kappa shape index (κ1) is 27.7. The molecule has 9 heteroatoms.